The Morgan fingerprint density at radius 3 is 2.63 bits per heavy atom. The lowest BCUT2D eigenvalue weighted by Gasteiger charge is -2.17. The van der Waals surface area contributed by atoms with Gasteiger partial charge in [-0.25, -0.2) is 0 Å². The van der Waals surface area contributed by atoms with Gasteiger partial charge >= 0.3 is 0 Å². The summed E-state index contributed by atoms with van der Waals surface area (Å²) in [5.74, 6) is 0.488. The highest BCUT2D eigenvalue weighted by atomic mass is 32.2. The number of thioether (sulfide) groups is 1. The quantitative estimate of drug-likeness (QED) is 0.803. The Hall–Kier alpha value is -2.27. The van der Waals surface area contributed by atoms with Gasteiger partial charge in [-0.15, -0.1) is 11.8 Å². The van der Waals surface area contributed by atoms with Gasteiger partial charge in [-0.3, -0.25) is 9.59 Å². The molecule has 1 aliphatic heterocycles. The number of hydrogen-bond donors (Lipinski definition) is 1. The molecule has 1 N–H and O–H groups in total. The van der Waals surface area contributed by atoms with Gasteiger partial charge in [0.2, 0.25) is 5.91 Å². The van der Waals surface area contributed by atoms with Gasteiger partial charge in [0.15, 0.2) is 0 Å². The van der Waals surface area contributed by atoms with E-state index in [1.165, 1.54) is 22.9 Å². The van der Waals surface area contributed by atoms with Crippen molar-refractivity contribution < 1.29 is 9.59 Å². The van der Waals surface area contributed by atoms with E-state index >= 15 is 0 Å². The molecule has 0 saturated carbocycles. The first-order chi connectivity index (χ1) is 13.2. The molecular weight excluding hydrogens is 356 g/mol. The van der Waals surface area contributed by atoms with Crippen LogP contribution in [-0.2, 0) is 11.2 Å². The van der Waals surface area contributed by atoms with Crippen molar-refractivity contribution >= 4 is 23.6 Å². The van der Waals surface area contributed by atoms with Gasteiger partial charge in [0, 0.05) is 18.0 Å². The number of fused-ring (bicyclic) bond motifs is 1. The van der Waals surface area contributed by atoms with Crippen LogP contribution in [0.1, 0.15) is 46.8 Å². The molecule has 1 fully saturated rings. The summed E-state index contributed by atoms with van der Waals surface area (Å²) in [6, 6.07) is 16.0. The average Bonchev–Trinajstić information content (AvgIpc) is 3.37. The molecule has 1 unspecified atom stereocenters. The fraction of sp³-hybridized carbons (Fsp3) is 0.364. The van der Waals surface area contributed by atoms with Gasteiger partial charge < -0.3 is 10.2 Å². The Kier molecular flexibility index (Phi) is 5.48. The Balaban J connectivity index is 1.43. The number of carbonyl (C=O) groups excluding carboxylic acids is 2. The lowest BCUT2D eigenvalue weighted by Crippen LogP contribution is -2.29. The molecule has 2 amide bonds. The summed E-state index contributed by atoms with van der Waals surface area (Å²) in [4.78, 5) is 28.0. The van der Waals surface area contributed by atoms with Crippen LogP contribution in [0.25, 0.3) is 0 Å². The first-order valence-electron chi connectivity index (χ1n) is 9.60. The molecule has 27 heavy (non-hydrogen) atoms. The van der Waals surface area contributed by atoms with Crippen LogP contribution in [0.5, 0.6) is 0 Å². The molecule has 0 spiro atoms. The van der Waals surface area contributed by atoms with Crippen LogP contribution in [0.15, 0.2) is 53.4 Å². The summed E-state index contributed by atoms with van der Waals surface area (Å²) < 4.78 is 0. The first-order valence-corrected chi connectivity index (χ1v) is 10.6. The maximum Gasteiger partial charge on any atom is 0.252 e. The Labute approximate surface area is 164 Å². The maximum atomic E-state index is 12.9. The predicted octanol–water partition coefficient (Wildman–Crippen LogP) is 3.82. The van der Waals surface area contributed by atoms with Crippen LogP contribution in [0, 0.1) is 0 Å². The van der Waals surface area contributed by atoms with Crippen molar-refractivity contribution in [3.63, 3.8) is 0 Å². The van der Waals surface area contributed by atoms with Gasteiger partial charge in [-0.05, 0) is 48.9 Å². The zero-order chi connectivity index (χ0) is 18.6. The number of aryl methyl sites for hydroxylation is 1. The van der Waals surface area contributed by atoms with Crippen molar-refractivity contribution in [1.29, 1.82) is 0 Å². The normalized spacial score (nSPS) is 18.4. The molecule has 140 valence electrons. The third-order valence-electron chi connectivity index (χ3n) is 5.38. The molecule has 2 aromatic rings. The molecule has 2 aromatic carbocycles. The molecule has 5 heteroatoms. The van der Waals surface area contributed by atoms with Gasteiger partial charge in [-0.2, -0.15) is 0 Å². The fourth-order valence-electron chi connectivity index (χ4n) is 3.92. The van der Waals surface area contributed by atoms with E-state index in [0.717, 1.165) is 43.7 Å². The SMILES string of the molecule is O=C(NC1CCc2ccccc21)c1ccccc1SCC(=O)N1CCCC1. The summed E-state index contributed by atoms with van der Waals surface area (Å²) in [7, 11) is 0. The van der Waals surface area contributed by atoms with E-state index in [1.54, 1.807) is 0 Å². The molecule has 0 aromatic heterocycles. The molecule has 1 heterocycles. The van der Waals surface area contributed by atoms with Crippen LogP contribution in [0.3, 0.4) is 0 Å². The van der Waals surface area contributed by atoms with Crippen LogP contribution in [-0.4, -0.2) is 35.6 Å². The van der Waals surface area contributed by atoms with E-state index < -0.39 is 0 Å². The average molecular weight is 381 g/mol. The van der Waals surface area contributed by atoms with E-state index in [2.05, 4.69) is 17.4 Å². The van der Waals surface area contributed by atoms with Crippen molar-refractivity contribution in [2.45, 2.75) is 36.6 Å². The van der Waals surface area contributed by atoms with Crippen molar-refractivity contribution in [1.82, 2.24) is 10.2 Å². The Morgan fingerprint density at radius 2 is 1.78 bits per heavy atom. The molecule has 2 aliphatic rings. The third-order valence-corrected chi connectivity index (χ3v) is 6.44. The van der Waals surface area contributed by atoms with E-state index in [0.29, 0.717) is 11.3 Å². The summed E-state index contributed by atoms with van der Waals surface area (Å²) in [5.41, 5.74) is 3.20. The second-order valence-corrected chi connectivity index (χ2v) is 8.15. The highest BCUT2D eigenvalue weighted by Gasteiger charge is 2.25. The summed E-state index contributed by atoms with van der Waals surface area (Å²) >= 11 is 1.46. The van der Waals surface area contributed by atoms with Crippen LogP contribution in [0.2, 0.25) is 0 Å². The minimum Gasteiger partial charge on any atom is -0.345 e. The van der Waals surface area contributed by atoms with Gasteiger partial charge in [-0.1, -0.05) is 36.4 Å². The number of amides is 2. The number of nitrogens with one attached hydrogen (secondary N) is 1. The van der Waals surface area contributed by atoms with Gasteiger partial charge in [0.05, 0.1) is 17.4 Å². The smallest absolute Gasteiger partial charge is 0.252 e. The van der Waals surface area contributed by atoms with Crippen molar-refractivity contribution in [3.8, 4) is 0 Å². The van der Waals surface area contributed by atoms with Gasteiger partial charge in [0.25, 0.3) is 5.91 Å². The van der Waals surface area contributed by atoms with Crippen LogP contribution < -0.4 is 5.32 Å². The van der Waals surface area contributed by atoms with E-state index in [-0.39, 0.29) is 17.9 Å². The number of rotatable bonds is 5. The highest BCUT2D eigenvalue weighted by Crippen LogP contribution is 2.31. The molecule has 0 bridgehead atoms. The first kappa shape index (κ1) is 18.1. The van der Waals surface area contributed by atoms with Crippen LogP contribution in [0.4, 0.5) is 0 Å². The van der Waals surface area contributed by atoms with Crippen molar-refractivity contribution in [3.05, 3.63) is 65.2 Å². The summed E-state index contributed by atoms with van der Waals surface area (Å²) in [6.45, 7) is 1.73. The Morgan fingerprint density at radius 1 is 1.04 bits per heavy atom. The lowest BCUT2D eigenvalue weighted by molar-refractivity contribution is -0.127. The summed E-state index contributed by atoms with van der Waals surface area (Å²) in [6.07, 6.45) is 4.13. The van der Waals surface area contributed by atoms with E-state index in [4.69, 9.17) is 0 Å². The number of benzene rings is 2. The summed E-state index contributed by atoms with van der Waals surface area (Å²) in [5, 5.41) is 3.19. The zero-order valence-electron chi connectivity index (χ0n) is 15.3. The van der Waals surface area contributed by atoms with E-state index in [9.17, 15) is 9.59 Å². The highest BCUT2D eigenvalue weighted by molar-refractivity contribution is 8.00. The standard InChI is InChI=1S/C22H24N2O2S/c25-21(24-13-5-6-14-24)15-27-20-10-4-3-9-18(20)22(26)23-19-12-11-16-7-1-2-8-17(16)19/h1-4,7-10,19H,5-6,11-15H2,(H,23,26). The fourth-order valence-corrected chi connectivity index (χ4v) is 4.87. The van der Waals surface area contributed by atoms with Crippen molar-refractivity contribution in [2.24, 2.45) is 0 Å². The Bertz CT molecular complexity index is 846. The minimum absolute atomic E-state index is 0.0616. The topological polar surface area (TPSA) is 49.4 Å². The van der Waals surface area contributed by atoms with Crippen molar-refractivity contribution in [2.75, 3.05) is 18.8 Å². The largest absolute Gasteiger partial charge is 0.345 e. The number of nitrogens with zero attached hydrogens (tertiary/aromatic N) is 1. The van der Waals surface area contributed by atoms with Crippen LogP contribution >= 0.6 is 11.8 Å². The second kappa shape index (κ2) is 8.17. The molecule has 4 nitrogen and oxygen atoms in total. The molecule has 1 saturated heterocycles. The number of hydrogen-bond acceptors (Lipinski definition) is 3. The zero-order valence-corrected chi connectivity index (χ0v) is 16.1. The molecule has 1 atom stereocenters. The number of carbonyl (C=O) groups is 2. The molecular formula is C22H24N2O2S. The minimum atomic E-state index is -0.0616. The molecule has 4 rings (SSSR count). The lowest BCUT2D eigenvalue weighted by atomic mass is 10.1. The monoisotopic (exact) mass is 380 g/mol. The molecule has 0 radical (unpaired) electrons. The maximum absolute atomic E-state index is 12.9. The third kappa shape index (κ3) is 4.03. The molecule has 1 aliphatic carbocycles. The van der Waals surface area contributed by atoms with E-state index in [1.807, 2.05) is 41.3 Å². The van der Waals surface area contributed by atoms with Gasteiger partial charge in [0.1, 0.15) is 0 Å². The number of likely N-dealkylation sites (tertiary alicyclic amines) is 1. The second-order valence-electron chi connectivity index (χ2n) is 7.14. The predicted molar refractivity (Wildman–Crippen MR) is 108 cm³/mol.